The van der Waals surface area contributed by atoms with Gasteiger partial charge in [0.25, 0.3) is 0 Å². The van der Waals surface area contributed by atoms with Crippen LogP contribution in [0.5, 0.6) is 5.75 Å². The molecule has 2 aromatic rings. The highest BCUT2D eigenvalue weighted by Gasteiger charge is 2.07. The van der Waals surface area contributed by atoms with E-state index in [1.165, 1.54) is 0 Å². The molecule has 6 heteroatoms. The van der Waals surface area contributed by atoms with Gasteiger partial charge in [0, 0.05) is 17.8 Å². The molecule has 2 aromatic heterocycles. The fourth-order valence-corrected chi connectivity index (χ4v) is 1.58. The van der Waals surface area contributed by atoms with Crippen molar-refractivity contribution in [1.82, 2.24) is 20.0 Å². The zero-order valence-electron chi connectivity index (χ0n) is 10.1. The minimum Gasteiger partial charge on any atom is -0.497 e. The number of nitrogens with two attached hydrogens (primary N) is 1. The van der Waals surface area contributed by atoms with Crippen LogP contribution in [0.1, 0.15) is 17.1 Å². The molecule has 0 aliphatic rings. The third kappa shape index (κ3) is 2.35. The van der Waals surface area contributed by atoms with E-state index in [0.717, 1.165) is 22.8 Å². The number of rotatable bonds is 3. The Balaban J connectivity index is 2.29. The van der Waals surface area contributed by atoms with Crippen molar-refractivity contribution in [3.63, 3.8) is 0 Å². The van der Waals surface area contributed by atoms with E-state index in [2.05, 4.69) is 15.3 Å². The van der Waals surface area contributed by atoms with Crippen LogP contribution < -0.4 is 10.5 Å². The molecule has 0 atom stereocenters. The largest absolute Gasteiger partial charge is 0.497 e. The molecule has 0 spiro atoms. The SMILES string of the molecule is COc1cc(C)nc(Cn2nnc(N)c2C)c1. The van der Waals surface area contributed by atoms with Crippen molar-refractivity contribution in [2.75, 3.05) is 12.8 Å². The Morgan fingerprint density at radius 1 is 1.35 bits per heavy atom. The van der Waals surface area contributed by atoms with Crippen LogP contribution in [0.15, 0.2) is 12.1 Å². The molecule has 0 amide bonds. The molecule has 2 rings (SSSR count). The van der Waals surface area contributed by atoms with Crippen LogP contribution in [0.3, 0.4) is 0 Å². The Morgan fingerprint density at radius 2 is 2.12 bits per heavy atom. The van der Waals surface area contributed by atoms with E-state index in [1.54, 1.807) is 11.8 Å². The highest BCUT2D eigenvalue weighted by Crippen LogP contribution is 2.15. The monoisotopic (exact) mass is 233 g/mol. The average Bonchev–Trinajstić information content (AvgIpc) is 2.60. The molecular formula is C11H15N5O. The topological polar surface area (TPSA) is 78.8 Å². The summed E-state index contributed by atoms with van der Waals surface area (Å²) in [5.41, 5.74) is 8.26. The zero-order chi connectivity index (χ0) is 12.4. The van der Waals surface area contributed by atoms with Gasteiger partial charge < -0.3 is 10.5 Å². The van der Waals surface area contributed by atoms with Gasteiger partial charge in [-0.1, -0.05) is 5.21 Å². The van der Waals surface area contributed by atoms with Crippen molar-refractivity contribution < 1.29 is 4.74 Å². The number of methoxy groups -OCH3 is 1. The molecule has 17 heavy (non-hydrogen) atoms. The number of pyridine rings is 1. The van der Waals surface area contributed by atoms with Crippen LogP contribution in [0.25, 0.3) is 0 Å². The normalized spacial score (nSPS) is 10.5. The summed E-state index contributed by atoms with van der Waals surface area (Å²) >= 11 is 0. The highest BCUT2D eigenvalue weighted by molar-refractivity contribution is 5.32. The Kier molecular flexibility index (Phi) is 2.95. The summed E-state index contributed by atoms with van der Waals surface area (Å²) in [6.45, 7) is 4.34. The third-order valence-electron chi connectivity index (χ3n) is 2.55. The molecule has 0 bridgehead atoms. The second kappa shape index (κ2) is 4.40. The van der Waals surface area contributed by atoms with Gasteiger partial charge in [-0.3, -0.25) is 4.98 Å². The number of aryl methyl sites for hydroxylation is 1. The van der Waals surface area contributed by atoms with Gasteiger partial charge in [-0.15, -0.1) is 5.10 Å². The molecule has 0 saturated heterocycles. The Hall–Kier alpha value is -2.11. The smallest absolute Gasteiger partial charge is 0.168 e. The van der Waals surface area contributed by atoms with Crippen molar-refractivity contribution in [3.8, 4) is 5.75 Å². The van der Waals surface area contributed by atoms with Crippen molar-refractivity contribution >= 4 is 5.82 Å². The second-order valence-electron chi connectivity index (χ2n) is 3.86. The van der Waals surface area contributed by atoms with Crippen molar-refractivity contribution in [2.45, 2.75) is 20.4 Å². The van der Waals surface area contributed by atoms with E-state index in [9.17, 15) is 0 Å². The number of aromatic nitrogens is 4. The number of nitrogen functional groups attached to an aromatic ring is 1. The van der Waals surface area contributed by atoms with Gasteiger partial charge in [0.15, 0.2) is 5.82 Å². The van der Waals surface area contributed by atoms with Crippen LogP contribution in [0.2, 0.25) is 0 Å². The predicted octanol–water partition coefficient (Wildman–Crippen LogP) is 0.929. The lowest BCUT2D eigenvalue weighted by molar-refractivity contribution is 0.412. The first-order chi connectivity index (χ1) is 8.10. The van der Waals surface area contributed by atoms with E-state index in [0.29, 0.717) is 12.4 Å². The zero-order valence-corrected chi connectivity index (χ0v) is 10.1. The lowest BCUT2D eigenvalue weighted by Crippen LogP contribution is -2.07. The molecule has 0 aliphatic heterocycles. The molecular weight excluding hydrogens is 218 g/mol. The summed E-state index contributed by atoms with van der Waals surface area (Å²) in [7, 11) is 1.64. The van der Waals surface area contributed by atoms with E-state index in [4.69, 9.17) is 10.5 Å². The first-order valence-electron chi connectivity index (χ1n) is 5.27. The van der Waals surface area contributed by atoms with Gasteiger partial charge in [0.1, 0.15) is 5.75 Å². The van der Waals surface area contributed by atoms with Crippen molar-refractivity contribution in [1.29, 1.82) is 0 Å². The maximum atomic E-state index is 5.64. The Bertz CT molecular complexity index is 535. The minimum absolute atomic E-state index is 0.449. The molecule has 6 nitrogen and oxygen atoms in total. The fraction of sp³-hybridized carbons (Fsp3) is 0.364. The first kappa shape index (κ1) is 11.4. The van der Waals surface area contributed by atoms with E-state index in [1.807, 2.05) is 26.0 Å². The van der Waals surface area contributed by atoms with E-state index < -0.39 is 0 Å². The summed E-state index contributed by atoms with van der Waals surface area (Å²) in [5.74, 6) is 1.24. The van der Waals surface area contributed by atoms with Crippen LogP contribution in [0.4, 0.5) is 5.82 Å². The molecule has 0 aliphatic carbocycles. The van der Waals surface area contributed by atoms with Crippen LogP contribution in [-0.4, -0.2) is 27.1 Å². The lowest BCUT2D eigenvalue weighted by Gasteiger charge is -2.06. The average molecular weight is 233 g/mol. The second-order valence-corrected chi connectivity index (χ2v) is 3.86. The molecule has 2 N–H and O–H groups in total. The predicted molar refractivity (Wildman–Crippen MR) is 63.8 cm³/mol. The number of hydrogen-bond donors (Lipinski definition) is 1. The standard InChI is InChI=1S/C11H15N5O/c1-7-4-10(17-3)5-9(13-7)6-16-8(2)11(12)14-15-16/h4-5H,6,12H2,1-3H3. The van der Waals surface area contributed by atoms with E-state index >= 15 is 0 Å². The quantitative estimate of drug-likeness (QED) is 0.853. The molecule has 2 heterocycles. The van der Waals surface area contributed by atoms with Gasteiger partial charge in [0.05, 0.1) is 25.0 Å². The number of hydrogen-bond acceptors (Lipinski definition) is 5. The summed E-state index contributed by atoms with van der Waals surface area (Å²) in [5, 5.41) is 7.77. The number of ether oxygens (including phenoxy) is 1. The lowest BCUT2D eigenvalue weighted by atomic mass is 10.3. The van der Waals surface area contributed by atoms with Crippen molar-refractivity contribution in [2.24, 2.45) is 0 Å². The van der Waals surface area contributed by atoms with Gasteiger partial charge in [-0.05, 0) is 13.8 Å². The van der Waals surface area contributed by atoms with Crippen LogP contribution >= 0.6 is 0 Å². The van der Waals surface area contributed by atoms with Gasteiger partial charge in [-0.25, -0.2) is 4.68 Å². The maximum Gasteiger partial charge on any atom is 0.168 e. The molecule has 0 aromatic carbocycles. The van der Waals surface area contributed by atoms with Crippen LogP contribution in [0, 0.1) is 13.8 Å². The molecule has 0 unspecified atom stereocenters. The molecule has 0 saturated carbocycles. The van der Waals surface area contributed by atoms with Gasteiger partial charge in [0.2, 0.25) is 0 Å². The molecule has 0 radical (unpaired) electrons. The van der Waals surface area contributed by atoms with Gasteiger partial charge in [-0.2, -0.15) is 0 Å². The fourth-order valence-electron chi connectivity index (χ4n) is 1.58. The third-order valence-corrected chi connectivity index (χ3v) is 2.55. The highest BCUT2D eigenvalue weighted by atomic mass is 16.5. The van der Waals surface area contributed by atoms with Crippen molar-refractivity contribution in [3.05, 3.63) is 29.2 Å². The maximum absolute atomic E-state index is 5.64. The molecule has 0 fully saturated rings. The van der Waals surface area contributed by atoms with E-state index in [-0.39, 0.29) is 0 Å². The van der Waals surface area contributed by atoms with Gasteiger partial charge >= 0.3 is 0 Å². The number of nitrogens with zero attached hydrogens (tertiary/aromatic N) is 4. The Labute approximate surface area is 99.4 Å². The summed E-state index contributed by atoms with van der Waals surface area (Å²) in [6, 6.07) is 3.76. The van der Waals surface area contributed by atoms with Crippen LogP contribution in [-0.2, 0) is 6.54 Å². The summed E-state index contributed by atoms with van der Waals surface area (Å²) in [6.07, 6.45) is 0. The summed E-state index contributed by atoms with van der Waals surface area (Å²) < 4.78 is 6.92. The molecule has 90 valence electrons. The number of anilines is 1. The Morgan fingerprint density at radius 3 is 2.71 bits per heavy atom. The first-order valence-corrected chi connectivity index (χ1v) is 5.27. The summed E-state index contributed by atoms with van der Waals surface area (Å²) in [4.78, 5) is 4.42. The minimum atomic E-state index is 0.449.